The van der Waals surface area contributed by atoms with E-state index in [1.54, 1.807) is 0 Å². The second-order valence-corrected chi connectivity index (χ2v) is 7.58. The Kier molecular flexibility index (Phi) is 5.80. The molecule has 104 valence electrons. The van der Waals surface area contributed by atoms with Crippen molar-refractivity contribution in [3.05, 3.63) is 16.1 Å². The van der Waals surface area contributed by atoms with Crippen LogP contribution in [-0.4, -0.2) is 18.6 Å². The van der Waals surface area contributed by atoms with Crippen LogP contribution in [0.5, 0.6) is 0 Å². The van der Waals surface area contributed by atoms with Crippen molar-refractivity contribution in [1.82, 2.24) is 10.3 Å². The summed E-state index contributed by atoms with van der Waals surface area (Å²) in [5.74, 6) is 1.46. The molecule has 0 amide bonds. The highest BCUT2D eigenvalue weighted by atomic mass is 32.1. The number of nitrogens with zero attached hydrogens (tertiary/aromatic N) is 1. The van der Waals surface area contributed by atoms with Crippen LogP contribution in [0.1, 0.15) is 51.7 Å². The molecule has 0 fully saturated rings. The minimum atomic E-state index is 0.172. The van der Waals surface area contributed by atoms with Gasteiger partial charge in [-0.2, -0.15) is 0 Å². The van der Waals surface area contributed by atoms with Gasteiger partial charge in [0.2, 0.25) is 0 Å². The fourth-order valence-electron chi connectivity index (χ4n) is 2.19. The molecular formula is C15H28N2S. The van der Waals surface area contributed by atoms with Crippen molar-refractivity contribution in [1.29, 1.82) is 0 Å². The Hall–Kier alpha value is -0.410. The van der Waals surface area contributed by atoms with Gasteiger partial charge in [-0.25, -0.2) is 4.98 Å². The van der Waals surface area contributed by atoms with E-state index in [1.165, 1.54) is 17.1 Å². The average molecular weight is 268 g/mol. The van der Waals surface area contributed by atoms with E-state index in [0.29, 0.717) is 5.92 Å². The van der Waals surface area contributed by atoms with Gasteiger partial charge in [0.1, 0.15) is 0 Å². The maximum Gasteiger partial charge on any atom is 0.0931 e. The molecule has 18 heavy (non-hydrogen) atoms. The van der Waals surface area contributed by atoms with E-state index in [1.807, 2.05) is 18.4 Å². The molecule has 1 heterocycles. The summed E-state index contributed by atoms with van der Waals surface area (Å²) in [4.78, 5) is 4.80. The lowest BCUT2D eigenvalue weighted by Gasteiger charge is -2.18. The first kappa shape index (κ1) is 15.6. The Balaban J connectivity index is 2.66. The lowest BCUT2D eigenvalue weighted by atomic mass is 9.93. The molecule has 0 bridgehead atoms. The molecule has 3 heteroatoms. The minimum Gasteiger partial charge on any atom is -0.319 e. The van der Waals surface area contributed by atoms with Crippen molar-refractivity contribution < 1.29 is 0 Å². The summed E-state index contributed by atoms with van der Waals surface area (Å²) < 4.78 is 0. The molecule has 2 nitrogen and oxygen atoms in total. The second-order valence-electron chi connectivity index (χ2n) is 6.63. The highest BCUT2D eigenvalue weighted by Gasteiger charge is 2.19. The van der Waals surface area contributed by atoms with Crippen LogP contribution < -0.4 is 5.32 Å². The van der Waals surface area contributed by atoms with Gasteiger partial charge < -0.3 is 5.32 Å². The maximum atomic E-state index is 4.80. The number of thiazole rings is 1. The van der Waals surface area contributed by atoms with Gasteiger partial charge in [0.15, 0.2) is 0 Å². The smallest absolute Gasteiger partial charge is 0.0931 e. The summed E-state index contributed by atoms with van der Waals surface area (Å²) in [6, 6.07) is 0. The third-order valence-electron chi connectivity index (χ3n) is 3.08. The summed E-state index contributed by atoms with van der Waals surface area (Å²) >= 11 is 1.82. The standard InChI is InChI=1S/C15H28N2S/c1-11(2)7-12(9-16-6)8-14-17-13(10-18-14)15(3,4)5/h10-12,16H,7-9H2,1-6H3. The topological polar surface area (TPSA) is 24.9 Å². The number of nitrogens with one attached hydrogen (secondary N) is 1. The van der Waals surface area contributed by atoms with Crippen molar-refractivity contribution in [3.8, 4) is 0 Å². The van der Waals surface area contributed by atoms with Crippen LogP contribution in [0.25, 0.3) is 0 Å². The van der Waals surface area contributed by atoms with Crippen LogP contribution in [0.4, 0.5) is 0 Å². The molecule has 1 aromatic heterocycles. The molecule has 0 aliphatic carbocycles. The van der Waals surface area contributed by atoms with Crippen molar-refractivity contribution in [3.63, 3.8) is 0 Å². The zero-order valence-corrected chi connectivity index (χ0v) is 13.5. The summed E-state index contributed by atoms with van der Waals surface area (Å²) in [6.45, 7) is 12.4. The zero-order valence-electron chi connectivity index (χ0n) is 12.7. The molecule has 1 rings (SSSR count). The lowest BCUT2D eigenvalue weighted by Crippen LogP contribution is -2.22. The molecule has 0 saturated heterocycles. The average Bonchev–Trinajstić information content (AvgIpc) is 2.64. The molecule has 0 saturated carbocycles. The molecular weight excluding hydrogens is 240 g/mol. The van der Waals surface area contributed by atoms with Crippen molar-refractivity contribution in [2.24, 2.45) is 11.8 Å². The molecule has 1 unspecified atom stereocenters. The summed E-state index contributed by atoms with van der Waals surface area (Å²) in [5.41, 5.74) is 1.40. The molecule has 1 atom stereocenters. The third-order valence-corrected chi connectivity index (χ3v) is 3.95. The number of rotatable bonds is 6. The highest BCUT2D eigenvalue weighted by molar-refractivity contribution is 7.09. The molecule has 0 aromatic carbocycles. The van der Waals surface area contributed by atoms with Gasteiger partial charge >= 0.3 is 0 Å². The van der Waals surface area contributed by atoms with Gasteiger partial charge in [0.25, 0.3) is 0 Å². The summed E-state index contributed by atoms with van der Waals surface area (Å²) in [6.07, 6.45) is 2.38. The normalized spacial score (nSPS) is 14.2. The van der Waals surface area contributed by atoms with Gasteiger partial charge in [0, 0.05) is 17.2 Å². The third kappa shape index (κ3) is 5.07. The first-order valence-corrected chi connectivity index (χ1v) is 7.80. The van der Waals surface area contributed by atoms with Crippen LogP contribution in [-0.2, 0) is 11.8 Å². The van der Waals surface area contributed by atoms with E-state index in [4.69, 9.17) is 4.98 Å². The van der Waals surface area contributed by atoms with E-state index in [9.17, 15) is 0 Å². The number of hydrogen-bond donors (Lipinski definition) is 1. The van der Waals surface area contributed by atoms with E-state index < -0.39 is 0 Å². The van der Waals surface area contributed by atoms with Gasteiger partial charge in [-0.15, -0.1) is 11.3 Å². The number of aromatic nitrogens is 1. The predicted octanol–water partition coefficient (Wildman–Crippen LogP) is 3.86. The summed E-state index contributed by atoms with van der Waals surface area (Å²) in [5, 5.41) is 6.82. The Labute approximate surface area is 116 Å². The molecule has 1 aromatic rings. The first-order valence-electron chi connectivity index (χ1n) is 6.92. The van der Waals surface area contributed by atoms with Gasteiger partial charge in [-0.3, -0.25) is 0 Å². The van der Waals surface area contributed by atoms with Gasteiger partial charge in [-0.1, -0.05) is 34.6 Å². The van der Waals surface area contributed by atoms with E-state index >= 15 is 0 Å². The monoisotopic (exact) mass is 268 g/mol. The van der Waals surface area contributed by atoms with Gasteiger partial charge in [0.05, 0.1) is 10.7 Å². The van der Waals surface area contributed by atoms with Crippen LogP contribution >= 0.6 is 11.3 Å². The second kappa shape index (κ2) is 6.67. The fraction of sp³-hybridized carbons (Fsp3) is 0.800. The van der Waals surface area contributed by atoms with Crippen molar-refractivity contribution in [2.45, 2.75) is 52.9 Å². The number of hydrogen-bond acceptors (Lipinski definition) is 3. The fourth-order valence-corrected chi connectivity index (χ4v) is 3.33. The quantitative estimate of drug-likeness (QED) is 0.847. The summed E-state index contributed by atoms with van der Waals surface area (Å²) in [7, 11) is 2.04. The Morgan fingerprint density at radius 1 is 1.33 bits per heavy atom. The molecule has 0 radical (unpaired) electrons. The Bertz CT molecular complexity index is 350. The lowest BCUT2D eigenvalue weighted by molar-refractivity contribution is 0.394. The van der Waals surface area contributed by atoms with Crippen LogP contribution in [0.3, 0.4) is 0 Å². The van der Waals surface area contributed by atoms with Crippen LogP contribution in [0, 0.1) is 11.8 Å². The van der Waals surface area contributed by atoms with Gasteiger partial charge in [-0.05, 0) is 31.8 Å². The van der Waals surface area contributed by atoms with Crippen LogP contribution in [0.15, 0.2) is 5.38 Å². The molecule has 0 aliphatic rings. The maximum absolute atomic E-state index is 4.80. The Morgan fingerprint density at radius 2 is 2.00 bits per heavy atom. The SMILES string of the molecule is CNCC(Cc1nc(C(C)(C)C)cs1)CC(C)C. The van der Waals surface area contributed by atoms with E-state index in [-0.39, 0.29) is 5.41 Å². The largest absolute Gasteiger partial charge is 0.319 e. The first-order chi connectivity index (χ1) is 8.32. The van der Waals surface area contributed by atoms with E-state index in [2.05, 4.69) is 45.3 Å². The van der Waals surface area contributed by atoms with Crippen molar-refractivity contribution in [2.75, 3.05) is 13.6 Å². The highest BCUT2D eigenvalue weighted by Crippen LogP contribution is 2.26. The minimum absolute atomic E-state index is 0.172. The molecule has 0 aliphatic heterocycles. The predicted molar refractivity (Wildman–Crippen MR) is 81.4 cm³/mol. The van der Waals surface area contributed by atoms with Crippen LogP contribution in [0.2, 0.25) is 0 Å². The zero-order chi connectivity index (χ0) is 13.8. The molecule has 0 spiro atoms. The molecule has 1 N–H and O–H groups in total. The van der Waals surface area contributed by atoms with E-state index in [0.717, 1.165) is 18.9 Å². The Morgan fingerprint density at radius 3 is 2.44 bits per heavy atom. The van der Waals surface area contributed by atoms with Crippen molar-refractivity contribution >= 4 is 11.3 Å².